The first-order valence-corrected chi connectivity index (χ1v) is 11.8. The summed E-state index contributed by atoms with van der Waals surface area (Å²) in [7, 11) is 0. The lowest BCUT2D eigenvalue weighted by Gasteiger charge is -2.28. The molecule has 5 rings (SSSR count). The van der Waals surface area contributed by atoms with Gasteiger partial charge < -0.3 is 9.88 Å². The van der Waals surface area contributed by atoms with Crippen LogP contribution in [0, 0.1) is 24.1 Å². The second-order valence-electron chi connectivity index (χ2n) is 8.95. The molecule has 0 radical (unpaired) electrons. The van der Waals surface area contributed by atoms with Gasteiger partial charge in [-0.2, -0.15) is 5.26 Å². The number of aryl methyl sites for hydroxylation is 1. The first-order valence-electron chi connectivity index (χ1n) is 11.8. The van der Waals surface area contributed by atoms with Crippen molar-refractivity contribution >= 4 is 11.7 Å². The quantitative estimate of drug-likeness (QED) is 0.460. The predicted molar refractivity (Wildman–Crippen MR) is 134 cm³/mol. The molecule has 0 atom stereocenters. The molecule has 7 heteroatoms. The molecule has 176 valence electrons. The minimum Gasteiger partial charge on any atom is -0.342 e. The highest BCUT2D eigenvalue weighted by molar-refractivity contribution is 5.76. The molecule has 1 aliphatic rings. The van der Waals surface area contributed by atoms with Crippen molar-refractivity contribution in [2.24, 2.45) is 0 Å². The van der Waals surface area contributed by atoms with Crippen molar-refractivity contribution in [1.82, 2.24) is 19.3 Å². The van der Waals surface area contributed by atoms with E-state index in [1.807, 2.05) is 37.3 Å². The number of nitrogens with zero attached hydrogens (tertiary/aromatic N) is 4. The smallest absolute Gasteiger partial charge is 0.262 e. The molecule has 35 heavy (non-hydrogen) atoms. The van der Waals surface area contributed by atoms with E-state index >= 15 is 0 Å². The van der Waals surface area contributed by atoms with Gasteiger partial charge in [0.2, 0.25) is 0 Å². The molecule has 0 saturated carbocycles. The highest BCUT2D eigenvalue weighted by atomic mass is 19.1. The highest BCUT2D eigenvalue weighted by Crippen LogP contribution is 2.28. The van der Waals surface area contributed by atoms with Crippen LogP contribution < -0.4 is 5.56 Å². The monoisotopic (exact) mass is 467 g/mol. The van der Waals surface area contributed by atoms with E-state index in [1.165, 1.54) is 28.4 Å². The second kappa shape index (κ2) is 9.69. The number of fused-ring (bicyclic) bond motifs is 1. The van der Waals surface area contributed by atoms with E-state index in [9.17, 15) is 14.4 Å². The summed E-state index contributed by atoms with van der Waals surface area (Å²) in [6.07, 6.45) is 6.27. The summed E-state index contributed by atoms with van der Waals surface area (Å²) >= 11 is 0. The fourth-order valence-electron chi connectivity index (χ4n) is 4.77. The third-order valence-corrected chi connectivity index (χ3v) is 6.76. The van der Waals surface area contributed by atoms with Gasteiger partial charge in [-0.3, -0.25) is 4.79 Å². The van der Waals surface area contributed by atoms with E-state index in [4.69, 9.17) is 0 Å². The average Bonchev–Trinajstić information content (AvgIpc) is 3.29. The molecule has 0 unspecified atom stereocenters. The lowest BCUT2D eigenvalue weighted by Crippen LogP contribution is -2.34. The van der Waals surface area contributed by atoms with Crippen LogP contribution in [0.2, 0.25) is 0 Å². The lowest BCUT2D eigenvalue weighted by atomic mass is 9.95. The number of rotatable bonds is 5. The largest absolute Gasteiger partial charge is 0.342 e. The minimum atomic E-state index is -0.231. The van der Waals surface area contributed by atoms with Gasteiger partial charge in [-0.15, -0.1) is 0 Å². The summed E-state index contributed by atoms with van der Waals surface area (Å²) in [5.74, 6) is -0.231. The molecule has 0 amide bonds. The van der Waals surface area contributed by atoms with Crippen LogP contribution in [-0.2, 0) is 6.42 Å². The molecule has 1 N–H and O–H groups in total. The Hall–Kier alpha value is -4.02. The maximum absolute atomic E-state index is 13.4. The van der Waals surface area contributed by atoms with Crippen LogP contribution in [0.15, 0.2) is 65.2 Å². The van der Waals surface area contributed by atoms with Crippen molar-refractivity contribution in [2.75, 3.05) is 19.6 Å². The SMILES string of the molecule is Cc1[nH]c2c(C#N)ncn2c(=O)c1CCN1CCC(=Cc2ccccc2-c2ccc(F)cc2)CC1. The standard InChI is InChI=1S/C28H26FN5O/c1-19-24(28(35)34-18-31-26(17-30)27(34)32-19)12-15-33-13-10-20(11-14-33)16-22-4-2-3-5-25(22)21-6-8-23(29)9-7-21/h2-9,16,18,32H,10-15H2,1H3. The van der Waals surface area contributed by atoms with Crippen molar-refractivity contribution in [2.45, 2.75) is 26.2 Å². The normalized spacial score (nSPS) is 14.3. The molecular formula is C28H26FN5O. The first-order chi connectivity index (χ1) is 17.0. The van der Waals surface area contributed by atoms with Crippen LogP contribution in [-0.4, -0.2) is 38.9 Å². The van der Waals surface area contributed by atoms with Gasteiger partial charge in [0, 0.05) is 30.9 Å². The lowest BCUT2D eigenvalue weighted by molar-refractivity contribution is 0.260. The van der Waals surface area contributed by atoms with Gasteiger partial charge in [0.25, 0.3) is 5.56 Å². The molecule has 0 spiro atoms. The van der Waals surface area contributed by atoms with Crippen LogP contribution in [0.5, 0.6) is 0 Å². The van der Waals surface area contributed by atoms with Crippen molar-refractivity contribution in [3.8, 4) is 17.2 Å². The Kier molecular flexibility index (Phi) is 6.30. The summed E-state index contributed by atoms with van der Waals surface area (Å²) < 4.78 is 14.8. The Morgan fingerprint density at radius 1 is 1.14 bits per heavy atom. The first kappa shape index (κ1) is 22.8. The van der Waals surface area contributed by atoms with Gasteiger partial charge in [0.1, 0.15) is 18.2 Å². The van der Waals surface area contributed by atoms with Crippen molar-refractivity contribution in [3.63, 3.8) is 0 Å². The van der Waals surface area contributed by atoms with E-state index in [2.05, 4.69) is 33.1 Å². The second-order valence-corrected chi connectivity index (χ2v) is 8.95. The fourth-order valence-corrected chi connectivity index (χ4v) is 4.77. The molecule has 1 aliphatic heterocycles. The molecule has 3 heterocycles. The van der Waals surface area contributed by atoms with Crippen molar-refractivity contribution < 1.29 is 4.39 Å². The topological polar surface area (TPSA) is 77.2 Å². The molecule has 2 aromatic carbocycles. The number of imidazole rings is 1. The van der Waals surface area contributed by atoms with E-state index in [-0.39, 0.29) is 17.1 Å². The van der Waals surface area contributed by atoms with Gasteiger partial charge in [-0.05, 0) is 55.0 Å². The maximum atomic E-state index is 13.4. The molecular weight excluding hydrogens is 441 g/mol. The zero-order valence-corrected chi connectivity index (χ0v) is 19.6. The third-order valence-electron chi connectivity index (χ3n) is 6.76. The summed E-state index contributed by atoms with van der Waals surface area (Å²) in [5.41, 5.74) is 6.74. The summed E-state index contributed by atoms with van der Waals surface area (Å²) in [6.45, 7) is 4.55. The van der Waals surface area contributed by atoms with Crippen LogP contribution in [0.4, 0.5) is 4.39 Å². The molecule has 0 aliphatic carbocycles. The number of nitriles is 1. The van der Waals surface area contributed by atoms with E-state index in [0.29, 0.717) is 12.1 Å². The summed E-state index contributed by atoms with van der Waals surface area (Å²) in [5, 5.41) is 9.17. The summed E-state index contributed by atoms with van der Waals surface area (Å²) in [4.78, 5) is 22.5. The number of hydrogen-bond acceptors (Lipinski definition) is 4. The van der Waals surface area contributed by atoms with Gasteiger partial charge >= 0.3 is 0 Å². The Morgan fingerprint density at radius 3 is 2.63 bits per heavy atom. The highest BCUT2D eigenvalue weighted by Gasteiger charge is 2.17. The van der Waals surface area contributed by atoms with Gasteiger partial charge in [0.05, 0.1) is 0 Å². The molecule has 4 aromatic rings. The van der Waals surface area contributed by atoms with E-state index in [1.54, 1.807) is 0 Å². The molecule has 1 fully saturated rings. The predicted octanol–water partition coefficient (Wildman–Crippen LogP) is 4.73. The van der Waals surface area contributed by atoms with Gasteiger partial charge in [0.15, 0.2) is 11.3 Å². The van der Waals surface area contributed by atoms with Crippen LogP contribution in [0.25, 0.3) is 22.9 Å². The average molecular weight is 468 g/mol. The third kappa shape index (κ3) is 4.66. The number of likely N-dealkylation sites (tertiary alicyclic amines) is 1. The minimum absolute atomic E-state index is 0.111. The number of hydrogen-bond donors (Lipinski definition) is 1. The molecule has 2 aromatic heterocycles. The Morgan fingerprint density at radius 2 is 1.89 bits per heavy atom. The van der Waals surface area contributed by atoms with Gasteiger partial charge in [-0.25, -0.2) is 13.8 Å². The number of piperidine rings is 1. The summed E-state index contributed by atoms with van der Waals surface area (Å²) in [6, 6.07) is 16.9. The number of benzene rings is 2. The van der Waals surface area contributed by atoms with Crippen LogP contribution in [0.1, 0.15) is 35.4 Å². The zero-order chi connectivity index (χ0) is 24.4. The van der Waals surface area contributed by atoms with E-state index in [0.717, 1.165) is 60.4 Å². The number of nitrogens with one attached hydrogen (secondary N) is 1. The van der Waals surface area contributed by atoms with Crippen LogP contribution >= 0.6 is 0 Å². The maximum Gasteiger partial charge on any atom is 0.262 e. The van der Waals surface area contributed by atoms with E-state index < -0.39 is 0 Å². The fraction of sp³-hybridized carbons (Fsp3) is 0.250. The Labute approximate surface area is 203 Å². The van der Waals surface area contributed by atoms with Crippen LogP contribution in [0.3, 0.4) is 0 Å². The molecule has 1 saturated heterocycles. The number of halogens is 1. The van der Waals surface area contributed by atoms with Crippen molar-refractivity contribution in [1.29, 1.82) is 5.26 Å². The number of aromatic nitrogens is 3. The zero-order valence-electron chi connectivity index (χ0n) is 19.6. The van der Waals surface area contributed by atoms with Gasteiger partial charge in [-0.1, -0.05) is 48.0 Å². The Bertz CT molecular complexity index is 1500. The Balaban J connectivity index is 1.26. The number of H-pyrrole nitrogens is 1. The van der Waals surface area contributed by atoms with Crippen molar-refractivity contribution in [3.05, 3.63) is 99.1 Å². The molecule has 6 nitrogen and oxygen atoms in total. The number of aromatic amines is 1. The molecule has 0 bridgehead atoms.